The minimum absolute atomic E-state index is 0.506. The quantitative estimate of drug-likeness (QED) is 0.160. The molecule has 1 aliphatic rings. The standard InChI is InChI=1S/C64H39N3O2/c1-4-17-40(18-5-1)41-19-14-20-43(37-41)61-65-62(44-33-35-49-48-25-11-13-31-55(48)69-58(49)39-44)67-63(66-61)51-28-16-32-57-60(51)52-38-42(34-36-56(52)68-57)47-27-15-30-54-59(47)50-26-10-12-29-53(50)64(54,45-21-6-2-7-22-45)46-23-8-3-9-24-46/h1-39H. The van der Waals surface area contributed by atoms with E-state index in [1.165, 1.54) is 33.4 Å². The Morgan fingerprint density at radius 3 is 1.64 bits per heavy atom. The number of hydrogen-bond acceptors (Lipinski definition) is 5. The second-order valence-corrected chi connectivity index (χ2v) is 17.8. The van der Waals surface area contributed by atoms with Crippen molar-refractivity contribution in [1.29, 1.82) is 0 Å². The third-order valence-electron chi connectivity index (χ3n) is 14.0. The van der Waals surface area contributed by atoms with Crippen molar-refractivity contribution >= 4 is 43.9 Å². The van der Waals surface area contributed by atoms with Crippen LogP contribution in [0.2, 0.25) is 0 Å². The Morgan fingerprint density at radius 1 is 0.290 bits per heavy atom. The van der Waals surface area contributed by atoms with E-state index in [1.807, 2.05) is 42.5 Å². The molecule has 5 nitrogen and oxygen atoms in total. The maximum absolute atomic E-state index is 6.69. The lowest BCUT2D eigenvalue weighted by atomic mass is 9.67. The summed E-state index contributed by atoms with van der Waals surface area (Å²) in [7, 11) is 0. The molecule has 13 aromatic rings. The molecule has 0 atom stereocenters. The van der Waals surface area contributed by atoms with Gasteiger partial charge in [0.25, 0.3) is 0 Å². The summed E-state index contributed by atoms with van der Waals surface area (Å²) in [4.78, 5) is 15.8. The summed E-state index contributed by atoms with van der Waals surface area (Å²) in [5.41, 5.74) is 17.2. The number of aromatic nitrogens is 3. The topological polar surface area (TPSA) is 65.0 Å². The van der Waals surface area contributed by atoms with Gasteiger partial charge in [0.15, 0.2) is 17.5 Å². The Hall–Kier alpha value is -9.19. The van der Waals surface area contributed by atoms with Crippen molar-refractivity contribution in [3.05, 3.63) is 259 Å². The van der Waals surface area contributed by atoms with Crippen molar-refractivity contribution in [2.75, 3.05) is 0 Å². The maximum Gasteiger partial charge on any atom is 0.164 e. The minimum atomic E-state index is -0.506. The highest BCUT2D eigenvalue weighted by Gasteiger charge is 2.46. The van der Waals surface area contributed by atoms with Crippen molar-refractivity contribution in [1.82, 2.24) is 15.0 Å². The van der Waals surface area contributed by atoms with E-state index in [9.17, 15) is 0 Å². The van der Waals surface area contributed by atoms with Crippen LogP contribution in [0.15, 0.2) is 245 Å². The van der Waals surface area contributed by atoms with E-state index >= 15 is 0 Å². The number of para-hydroxylation sites is 1. The summed E-state index contributed by atoms with van der Waals surface area (Å²) >= 11 is 0. The average Bonchev–Trinajstić information content (AvgIpc) is 4.09. The molecule has 5 heteroatoms. The fraction of sp³-hybridized carbons (Fsp3) is 0.0156. The molecule has 0 saturated heterocycles. The third-order valence-corrected chi connectivity index (χ3v) is 14.0. The van der Waals surface area contributed by atoms with Gasteiger partial charge in [-0.25, -0.2) is 15.0 Å². The van der Waals surface area contributed by atoms with Gasteiger partial charge in [0.2, 0.25) is 0 Å². The molecule has 0 spiro atoms. The molecule has 69 heavy (non-hydrogen) atoms. The molecule has 322 valence electrons. The molecule has 0 N–H and O–H groups in total. The Kier molecular flexibility index (Phi) is 8.73. The first kappa shape index (κ1) is 39.0. The van der Waals surface area contributed by atoms with E-state index < -0.39 is 5.41 Å². The van der Waals surface area contributed by atoms with Crippen LogP contribution in [-0.4, -0.2) is 15.0 Å². The van der Waals surface area contributed by atoms with Crippen LogP contribution in [-0.2, 0) is 5.41 Å². The Labute approximate surface area is 397 Å². The zero-order chi connectivity index (χ0) is 45.5. The van der Waals surface area contributed by atoms with Crippen molar-refractivity contribution < 1.29 is 8.83 Å². The molecule has 10 aromatic carbocycles. The smallest absolute Gasteiger partial charge is 0.164 e. The predicted molar refractivity (Wildman–Crippen MR) is 279 cm³/mol. The fourth-order valence-corrected chi connectivity index (χ4v) is 11.0. The third kappa shape index (κ3) is 6.07. The van der Waals surface area contributed by atoms with Crippen LogP contribution in [0.3, 0.4) is 0 Å². The van der Waals surface area contributed by atoms with Gasteiger partial charge >= 0.3 is 0 Å². The molecule has 3 heterocycles. The van der Waals surface area contributed by atoms with Crippen molar-refractivity contribution in [2.45, 2.75) is 5.41 Å². The average molecular weight is 882 g/mol. The lowest BCUT2D eigenvalue weighted by Gasteiger charge is -2.34. The lowest BCUT2D eigenvalue weighted by molar-refractivity contribution is 0.668. The summed E-state index contributed by atoms with van der Waals surface area (Å²) in [6.07, 6.45) is 0. The zero-order valence-corrected chi connectivity index (χ0v) is 37.2. The Balaban J connectivity index is 0.973. The number of fused-ring (bicyclic) bond motifs is 9. The van der Waals surface area contributed by atoms with Crippen LogP contribution < -0.4 is 0 Å². The molecular formula is C64H39N3O2. The van der Waals surface area contributed by atoms with E-state index in [0.29, 0.717) is 17.5 Å². The second-order valence-electron chi connectivity index (χ2n) is 17.8. The number of nitrogens with zero attached hydrogens (tertiary/aromatic N) is 3. The first-order chi connectivity index (χ1) is 34.2. The maximum atomic E-state index is 6.69. The molecule has 0 aliphatic heterocycles. The first-order valence-electron chi connectivity index (χ1n) is 23.3. The SMILES string of the molecule is c1ccc(-c2cccc(-c3nc(-c4ccc5c(c4)oc4ccccc45)nc(-c4cccc5oc6ccc(-c7cccc8c7-c7ccccc7C8(c7ccccc7)c7ccccc7)cc6c45)n3)c2)cc1. The largest absolute Gasteiger partial charge is 0.456 e. The van der Waals surface area contributed by atoms with E-state index in [2.05, 4.69) is 194 Å². The molecule has 0 radical (unpaired) electrons. The summed E-state index contributed by atoms with van der Waals surface area (Å²) < 4.78 is 13.1. The molecule has 3 aromatic heterocycles. The summed E-state index contributed by atoms with van der Waals surface area (Å²) in [6.45, 7) is 0. The molecule has 1 aliphatic carbocycles. The second kappa shape index (κ2) is 15.4. The van der Waals surface area contributed by atoms with Gasteiger partial charge in [-0.15, -0.1) is 0 Å². The monoisotopic (exact) mass is 881 g/mol. The number of furan rings is 2. The van der Waals surface area contributed by atoms with E-state index in [4.69, 9.17) is 23.8 Å². The molecule has 14 rings (SSSR count). The van der Waals surface area contributed by atoms with Crippen LogP contribution in [0.5, 0.6) is 0 Å². The van der Waals surface area contributed by atoms with Crippen LogP contribution >= 0.6 is 0 Å². The highest BCUT2D eigenvalue weighted by Crippen LogP contribution is 2.58. The zero-order valence-electron chi connectivity index (χ0n) is 37.2. The molecular weight excluding hydrogens is 843 g/mol. The van der Waals surface area contributed by atoms with Crippen LogP contribution in [0, 0.1) is 0 Å². The Morgan fingerprint density at radius 2 is 0.826 bits per heavy atom. The predicted octanol–water partition coefficient (Wildman–Crippen LogP) is 16.4. The fourth-order valence-electron chi connectivity index (χ4n) is 11.0. The molecule has 0 bridgehead atoms. The number of rotatable bonds is 7. The van der Waals surface area contributed by atoms with Crippen molar-refractivity contribution in [3.63, 3.8) is 0 Å². The Bertz CT molecular complexity index is 4100. The van der Waals surface area contributed by atoms with E-state index in [-0.39, 0.29) is 0 Å². The van der Waals surface area contributed by atoms with Gasteiger partial charge in [0, 0.05) is 38.2 Å². The summed E-state index contributed by atoms with van der Waals surface area (Å²) in [5, 5.41) is 4.04. The van der Waals surface area contributed by atoms with Crippen LogP contribution in [0.25, 0.3) is 111 Å². The number of hydrogen-bond donors (Lipinski definition) is 0. The summed E-state index contributed by atoms with van der Waals surface area (Å²) in [5.74, 6) is 1.67. The molecule has 0 unspecified atom stereocenters. The molecule has 0 saturated carbocycles. The highest BCUT2D eigenvalue weighted by atomic mass is 16.3. The van der Waals surface area contributed by atoms with Gasteiger partial charge in [0.05, 0.1) is 5.41 Å². The van der Waals surface area contributed by atoms with E-state index in [1.54, 1.807) is 0 Å². The van der Waals surface area contributed by atoms with Gasteiger partial charge in [-0.05, 0) is 98.1 Å². The van der Waals surface area contributed by atoms with Gasteiger partial charge in [-0.2, -0.15) is 0 Å². The van der Waals surface area contributed by atoms with Gasteiger partial charge in [-0.3, -0.25) is 0 Å². The molecule has 0 fully saturated rings. The van der Waals surface area contributed by atoms with E-state index in [0.717, 1.165) is 82.8 Å². The van der Waals surface area contributed by atoms with Crippen molar-refractivity contribution in [2.24, 2.45) is 0 Å². The van der Waals surface area contributed by atoms with Gasteiger partial charge in [-0.1, -0.05) is 194 Å². The van der Waals surface area contributed by atoms with Crippen molar-refractivity contribution in [3.8, 4) is 67.5 Å². The first-order valence-corrected chi connectivity index (χ1v) is 23.3. The van der Waals surface area contributed by atoms with Gasteiger partial charge < -0.3 is 8.83 Å². The van der Waals surface area contributed by atoms with Crippen LogP contribution in [0.4, 0.5) is 0 Å². The lowest BCUT2D eigenvalue weighted by Crippen LogP contribution is -2.28. The highest BCUT2D eigenvalue weighted by molar-refractivity contribution is 6.13. The molecule has 0 amide bonds. The summed E-state index contributed by atoms with van der Waals surface area (Å²) in [6, 6.07) is 83.5. The normalized spacial score (nSPS) is 12.8. The number of benzene rings is 10. The van der Waals surface area contributed by atoms with Crippen LogP contribution in [0.1, 0.15) is 22.3 Å². The van der Waals surface area contributed by atoms with Gasteiger partial charge in [0.1, 0.15) is 22.3 Å². The minimum Gasteiger partial charge on any atom is -0.456 e.